The highest BCUT2D eigenvalue weighted by Gasteiger charge is 2.00. The number of aryl methyl sites for hydroxylation is 1. The molecule has 0 amide bonds. The molecule has 0 unspecified atom stereocenters. The van der Waals surface area contributed by atoms with Gasteiger partial charge in [-0.15, -0.1) is 0 Å². The molecule has 0 fully saturated rings. The fourth-order valence-corrected chi connectivity index (χ4v) is 0.724. The van der Waals surface area contributed by atoms with Crippen LogP contribution in [0.1, 0.15) is 11.1 Å². The molecule has 0 saturated heterocycles. The van der Waals surface area contributed by atoms with Gasteiger partial charge >= 0.3 is 0 Å². The lowest BCUT2D eigenvalue weighted by Gasteiger charge is -1.97. The number of halogens is 1. The second-order valence-corrected chi connectivity index (χ2v) is 2.12. The maximum absolute atomic E-state index is 12.5. The van der Waals surface area contributed by atoms with E-state index in [1.165, 1.54) is 6.20 Å². The molecule has 0 atom stereocenters. The van der Waals surface area contributed by atoms with Gasteiger partial charge in [-0.2, -0.15) is 4.39 Å². The van der Waals surface area contributed by atoms with Crippen molar-refractivity contribution in [2.24, 2.45) is 0 Å². The number of rotatable bonds is 1. The Labute approximate surface area is 58.3 Å². The average molecular weight is 141 g/mol. The number of aliphatic hydroxyl groups is 1. The highest BCUT2D eigenvalue weighted by atomic mass is 19.1. The topological polar surface area (TPSA) is 33.1 Å². The molecule has 0 aromatic carbocycles. The number of aromatic nitrogens is 1. The van der Waals surface area contributed by atoms with Gasteiger partial charge in [0.25, 0.3) is 0 Å². The van der Waals surface area contributed by atoms with E-state index >= 15 is 0 Å². The Kier molecular flexibility index (Phi) is 1.97. The molecule has 0 spiro atoms. The Morgan fingerprint density at radius 2 is 2.40 bits per heavy atom. The summed E-state index contributed by atoms with van der Waals surface area (Å²) >= 11 is 0. The SMILES string of the molecule is Cc1cnc(F)c(CO)c1. The first-order chi connectivity index (χ1) is 4.74. The molecule has 1 rings (SSSR count). The van der Waals surface area contributed by atoms with Crippen molar-refractivity contribution in [2.75, 3.05) is 0 Å². The molecule has 1 heterocycles. The van der Waals surface area contributed by atoms with Crippen molar-refractivity contribution in [1.82, 2.24) is 4.98 Å². The number of hydrogen-bond donors (Lipinski definition) is 1. The molecule has 0 aliphatic rings. The summed E-state index contributed by atoms with van der Waals surface area (Å²) < 4.78 is 12.5. The summed E-state index contributed by atoms with van der Waals surface area (Å²) in [6.07, 6.45) is 1.43. The zero-order chi connectivity index (χ0) is 7.56. The molecule has 3 heteroatoms. The first-order valence-electron chi connectivity index (χ1n) is 2.96. The van der Waals surface area contributed by atoms with Gasteiger partial charge in [-0.05, 0) is 18.6 Å². The van der Waals surface area contributed by atoms with E-state index in [1.54, 1.807) is 13.0 Å². The molecule has 0 radical (unpaired) electrons. The lowest BCUT2D eigenvalue weighted by molar-refractivity contribution is 0.274. The minimum atomic E-state index is -0.590. The number of aliphatic hydroxyl groups excluding tert-OH is 1. The highest BCUT2D eigenvalue weighted by Crippen LogP contribution is 2.05. The predicted molar refractivity (Wildman–Crippen MR) is 34.9 cm³/mol. The van der Waals surface area contributed by atoms with Gasteiger partial charge in [0.05, 0.1) is 6.61 Å². The Bertz CT molecular complexity index is 237. The molecule has 0 aliphatic carbocycles. The van der Waals surface area contributed by atoms with Crippen LogP contribution in [0.3, 0.4) is 0 Å². The Balaban J connectivity index is 3.09. The summed E-state index contributed by atoms with van der Waals surface area (Å²) in [5.41, 5.74) is 1.10. The standard InChI is InChI=1S/C7H8FNO/c1-5-2-6(4-10)7(8)9-3-5/h2-3,10H,4H2,1H3. The smallest absolute Gasteiger partial charge is 0.218 e. The fraction of sp³-hybridized carbons (Fsp3) is 0.286. The Hall–Kier alpha value is -0.960. The third-order valence-electron chi connectivity index (χ3n) is 1.22. The summed E-state index contributed by atoms with van der Waals surface area (Å²) in [5.74, 6) is -0.590. The van der Waals surface area contributed by atoms with Crippen molar-refractivity contribution >= 4 is 0 Å². The van der Waals surface area contributed by atoms with Crippen LogP contribution in [0.25, 0.3) is 0 Å². The molecular weight excluding hydrogens is 133 g/mol. The van der Waals surface area contributed by atoms with Crippen LogP contribution in [-0.2, 0) is 6.61 Å². The van der Waals surface area contributed by atoms with Crippen molar-refractivity contribution < 1.29 is 9.50 Å². The van der Waals surface area contributed by atoms with E-state index in [1.807, 2.05) is 0 Å². The van der Waals surface area contributed by atoms with E-state index in [9.17, 15) is 4.39 Å². The maximum atomic E-state index is 12.5. The van der Waals surface area contributed by atoms with Gasteiger partial charge in [-0.25, -0.2) is 4.98 Å². The van der Waals surface area contributed by atoms with Crippen LogP contribution in [0, 0.1) is 12.9 Å². The molecule has 1 aromatic heterocycles. The van der Waals surface area contributed by atoms with Gasteiger partial charge in [0, 0.05) is 11.8 Å². The van der Waals surface area contributed by atoms with Crippen LogP contribution in [-0.4, -0.2) is 10.1 Å². The number of hydrogen-bond acceptors (Lipinski definition) is 2. The predicted octanol–water partition coefficient (Wildman–Crippen LogP) is 1.02. The van der Waals surface area contributed by atoms with Crippen LogP contribution in [0.15, 0.2) is 12.3 Å². The molecule has 10 heavy (non-hydrogen) atoms. The lowest BCUT2D eigenvalue weighted by Crippen LogP contribution is -1.93. The summed E-state index contributed by atoms with van der Waals surface area (Å²) in [5, 5.41) is 8.56. The highest BCUT2D eigenvalue weighted by molar-refractivity contribution is 5.16. The Morgan fingerprint density at radius 3 is 2.90 bits per heavy atom. The van der Waals surface area contributed by atoms with E-state index in [4.69, 9.17) is 5.11 Å². The van der Waals surface area contributed by atoms with Crippen molar-refractivity contribution in [2.45, 2.75) is 13.5 Å². The summed E-state index contributed by atoms with van der Waals surface area (Å²) in [6.45, 7) is 1.51. The lowest BCUT2D eigenvalue weighted by atomic mass is 10.2. The van der Waals surface area contributed by atoms with Crippen LogP contribution >= 0.6 is 0 Å². The first kappa shape index (κ1) is 7.15. The van der Waals surface area contributed by atoms with Crippen molar-refractivity contribution in [1.29, 1.82) is 0 Å². The maximum Gasteiger partial charge on any atom is 0.218 e. The second-order valence-electron chi connectivity index (χ2n) is 2.12. The van der Waals surface area contributed by atoms with Gasteiger partial charge in [0.15, 0.2) is 0 Å². The normalized spacial score (nSPS) is 9.90. The third kappa shape index (κ3) is 1.30. The van der Waals surface area contributed by atoms with Crippen LogP contribution in [0.5, 0.6) is 0 Å². The number of nitrogens with zero attached hydrogens (tertiary/aromatic N) is 1. The van der Waals surface area contributed by atoms with Crippen LogP contribution in [0.4, 0.5) is 4.39 Å². The van der Waals surface area contributed by atoms with Gasteiger partial charge in [0.1, 0.15) is 0 Å². The summed E-state index contributed by atoms with van der Waals surface area (Å²) in [4.78, 5) is 3.42. The molecule has 0 saturated carbocycles. The first-order valence-corrected chi connectivity index (χ1v) is 2.96. The fourth-order valence-electron chi connectivity index (χ4n) is 0.724. The van der Waals surface area contributed by atoms with Crippen molar-refractivity contribution in [3.05, 3.63) is 29.3 Å². The van der Waals surface area contributed by atoms with E-state index < -0.39 is 5.95 Å². The van der Waals surface area contributed by atoms with Crippen molar-refractivity contribution in [3.63, 3.8) is 0 Å². The van der Waals surface area contributed by atoms with Gasteiger partial charge < -0.3 is 5.11 Å². The zero-order valence-corrected chi connectivity index (χ0v) is 5.63. The Morgan fingerprint density at radius 1 is 1.70 bits per heavy atom. The van der Waals surface area contributed by atoms with Gasteiger partial charge in [-0.1, -0.05) is 0 Å². The zero-order valence-electron chi connectivity index (χ0n) is 5.63. The van der Waals surface area contributed by atoms with E-state index in [0.717, 1.165) is 5.56 Å². The van der Waals surface area contributed by atoms with Gasteiger partial charge in [0.2, 0.25) is 5.95 Å². The van der Waals surface area contributed by atoms with E-state index in [0.29, 0.717) is 0 Å². The van der Waals surface area contributed by atoms with Gasteiger partial charge in [-0.3, -0.25) is 0 Å². The molecule has 1 N–H and O–H groups in total. The molecule has 0 bridgehead atoms. The minimum Gasteiger partial charge on any atom is -0.392 e. The van der Waals surface area contributed by atoms with E-state index in [2.05, 4.69) is 4.98 Å². The third-order valence-corrected chi connectivity index (χ3v) is 1.22. The minimum absolute atomic E-state index is 0.250. The van der Waals surface area contributed by atoms with E-state index in [-0.39, 0.29) is 12.2 Å². The average Bonchev–Trinajstić information content (AvgIpc) is 1.94. The molecule has 1 aromatic rings. The summed E-state index contributed by atoms with van der Waals surface area (Å²) in [7, 11) is 0. The van der Waals surface area contributed by atoms with Crippen LogP contribution in [0.2, 0.25) is 0 Å². The second kappa shape index (κ2) is 2.75. The largest absolute Gasteiger partial charge is 0.392 e. The summed E-state index contributed by atoms with van der Waals surface area (Å²) in [6, 6.07) is 1.57. The van der Waals surface area contributed by atoms with Crippen molar-refractivity contribution in [3.8, 4) is 0 Å². The number of pyridine rings is 1. The molecule has 54 valence electrons. The molecule has 0 aliphatic heterocycles. The monoisotopic (exact) mass is 141 g/mol. The molecule has 2 nitrogen and oxygen atoms in total. The molecular formula is C7H8FNO. The quantitative estimate of drug-likeness (QED) is 0.592. The van der Waals surface area contributed by atoms with Crippen LogP contribution < -0.4 is 0 Å².